The third-order valence-corrected chi connectivity index (χ3v) is 2.95. The molecule has 0 atom stereocenters. The fraction of sp³-hybridized carbons (Fsp3) is 0.308. The van der Waals surface area contributed by atoms with E-state index in [0.29, 0.717) is 16.6 Å². The topological polar surface area (TPSA) is 42.2 Å². The predicted octanol–water partition coefficient (Wildman–Crippen LogP) is 3.37. The Labute approximate surface area is 98.5 Å². The lowest BCUT2D eigenvalue weighted by Gasteiger charge is -2.12. The second-order valence-electron chi connectivity index (χ2n) is 4.37. The maximum atomic E-state index is 13.9. The highest BCUT2D eigenvalue weighted by atomic mass is 19.1. The molecule has 0 aliphatic rings. The summed E-state index contributed by atoms with van der Waals surface area (Å²) < 4.78 is 15.6. The molecular formula is C13H14FNO2. The molecule has 0 saturated heterocycles. The van der Waals surface area contributed by atoms with Gasteiger partial charge in [0.15, 0.2) is 0 Å². The first-order chi connectivity index (χ1) is 7.95. The zero-order valence-corrected chi connectivity index (χ0v) is 9.99. The van der Waals surface area contributed by atoms with Gasteiger partial charge in [-0.25, -0.2) is 9.18 Å². The molecule has 0 radical (unpaired) electrons. The standard InChI is InChI=1S/C13H14FNO2/c1-7(2)15-8(3)11(13(16)17)9-5-4-6-10(14)12(9)15/h4-7H,1-3H3,(H,16,17). The SMILES string of the molecule is Cc1c(C(=O)O)c2cccc(F)c2n1C(C)C. The number of aromatic nitrogens is 1. The van der Waals surface area contributed by atoms with Gasteiger partial charge in [-0.3, -0.25) is 0 Å². The summed E-state index contributed by atoms with van der Waals surface area (Å²) >= 11 is 0. The summed E-state index contributed by atoms with van der Waals surface area (Å²) in [6.45, 7) is 5.53. The number of aromatic carboxylic acids is 1. The number of carbonyl (C=O) groups is 1. The van der Waals surface area contributed by atoms with Crippen LogP contribution in [-0.2, 0) is 0 Å². The van der Waals surface area contributed by atoms with Crippen LogP contribution in [0.1, 0.15) is 35.9 Å². The average Bonchev–Trinajstić information content (AvgIpc) is 2.51. The number of halogens is 1. The first-order valence-corrected chi connectivity index (χ1v) is 5.47. The minimum absolute atomic E-state index is 0.0162. The summed E-state index contributed by atoms with van der Waals surface area (Å²) in [4.78, 5) is 11.2. The molecule has 4 heteroatoms. The average molecular weight is 235 g/mol. The Morgan fingerprint density at radius 1 is 1.41 bits per heavy atom. The molecule has 0 amide bonds. The molecule has 0 spiro atoms. The number of hydrogen-bond donors (Lipinski definition) is 1. The molecule has 0 fully saturated rings. The molecule has 0 bridgehead atoms. The van der Waals surface area contributed by atoms with Gasteiger partial charge in [0.25, 0.3) is 0 Å². The van der Waals surface area contributed by atoms with Crippen molar-refractivity contribution in [3.63, 3.8) is 0 Å². The van der Waals surface area contributed by atoms with Crippen LogP contribution in [0.3, 0.4) is 0 Å². The number of para-hydroxylation sites is 1. The van der Waals surface area contributed by atoms with Gasteiger partial charge in [-0.1, -0.05) is 12.1 Å². The first kappa shape index (κ1) is 11.6. The van der Waals surface area contributed by atoms with Gasteiger partial charge in [-0.2, -0.15) is 0 Å². The van der Waals surface area contributed by atoms with Gasteiger partial charge in [0.2, 0.25) is 0 Å². The van der Waals surface area contributed by atoms with Crippen LogP contribution < -0.4 is 0 Å². The quantitative estimate of drug-likeness (QED) is 0.867. The van der Waals surface area contributed by atoms with Crippen molar-refractivity contribution in [1.82, 2.24) is 4.57 Å². The van der Waals surface area contributed by atoms with Crippen molar-refractivity contribution in [2.24, 2.45) is 0 Å². The summed E-state index contributed by atoms with van der Waals surface area (Å²) in [5, 5.41) is 9.68. The first-order valence-electron chi connectivity index (χ1n) is 5.47. The van der Waals surface area contributed by atoms with E-state index in [1.807, 2.05) is 13.8 Å². The molecule has 1 aromatic heterocycles. The molecule has 0 unspecified atom stereocenters. The van der Waals surface area contributed by atoms with Gasteiger partial charge in [-0.05, 0) is 26.8 Å². The van der Waals surface area contributed by atoms with E-state index in [2.05, 4.69) is 0 Å². The van der Waals surface area contributed by atoms with E-state index < -0.39 is 5.97 Å². The smallest absolute Gasteiger partial charge is 0.338 e. The molecular weight excluding hydrogens is 221 g/mol. The van der Waals surface area contributed by atoms with Crippen molar-refractivity contribution in [3.05, 3.63) is 35.3 Å². The largest absolute Gasteiger partial charge is 0.478 e. The van der Waals surface area contributed by atoms with Gasteiger partial charge in [0.05, 0.1) is 11.1 Å². The van der Waals surface area contributed by atoms with Crippen LogP contribution in [0.15, 0.2) is 18.2 Å². The summed E-state index contributed by atoms with van der Waals surface area (Å²) in [6, 6.07) is 4.55. The zero-order valence-electron chi connectivity index (χ0n) is 9.99. The number of carboxylic acids is 1. The molecule has 1 aromatic carbocycles. The number of carboxylic acid groups (broad SMARTS) is 1. The molecule has 0 aliphatic carbocycles. The maximum Gasteiger partial charge on any atom is 0.338 e. The maximum absolute atomic E-state index is 13.9. The molecule has 1 N–H and O–H groups in total. The highest BCUT2D eigenvalue weighted by Crippen LogP contribution is 2.30. The Balaban J connectivity index is 2.99. The van der Waals surface area contributed by atoms with E-state index >= 15 is 0 Å². The summed E-state index contributed by atoms with van der Waals surface area (Å²) in [5.74, 6) is -1.40. The van der Waals surface area contributed by atoms with Crippen molar-refractivity contribution in [2.45, 2.75) is 26.8 Å². The van der Waals surface area contributed by atoms with Crippen molar-refractivity contribution in [2.75, 3.05) is 0 Å². The van der Waals surface area contributed by atoms with Crippen LogP contribution in [0.5, 0.6) is 0 Å². The second-order valence-corrected chi connectivity index (χ2v) is 4.37. The normalized spacial score (nSPS) is 11.4. The predicted molar refractivity (Wildman–Crippen MR) is 64.0 cm³/mol. The Bertz CT molecular complexity index is 599. The monoisotopic (exact) mass is 235 g/mol. The minimum atomic E-state index is -1.02. The van der Waals surface area contributed by atoms with Gasteiger partial charge >= 0.3 is 5.97 Å². The van der Waals surface area contributed by atoms with Crippen LogP contribution in [0.25, 0.3) is 10.9 Å². The van der Waals surface area contributed by atoms with E-state index in [4.69, 9.17) is 0 Å². The molecule has 1 heterocycles. The molecule has 0 aliphatic heterocycles. The number of rotatable bonds is 2. The lowest BCUT2D eigenvalue weighted by atomic mass is 10.1. The zero-order chi connectivity index (χ0) is 12.7. The van der Waals surface area contributed by atoms with Crippen LogP contribution >= 0.6 is 0 Å². The van der Waals surface area contributed by atoms with Gasteiger partial charge in [0.1, 0.15) is 5.82 Å². The van der Waals surface area contributed by atoms with Gasteiger partial charge in [-0.15, -0.1) is 0 Å². The van der Waals surface area contributed by atoms with Crippen LogP contribution in [0, 0.1) is 12.7 Å². The van der Waals surface area contributed by atoms with Crippen molar-refractivity contribution >= 4 is 16.9 Å². The van der Waals surface area contributed by atoms with Crippen molar-refractivity contribution in [3.8, 4) is 0 Å². The molecule has 3 nitrogen and oxygen atoms in total. The molecule has 2 rings (SSSR count). The van der Waals surface area contributed by atoms with E-state index in [1.54, 1.807) is 17.6 Å². The summed E-state index contributed by atoms with van der Waals surface area (Å²) in [5.41, 5.74) is 1.15. The molecule has 90 valence electrons. The van der Waals surface area contributed by atoms with Crippen molar-refractivity contribution in [1.29, 1.82) is 0 Å². The van der Waals surface area contributed by atoms with E-state index in [-0.39, 0.29) is 17.4 Å². The Morgan fingerprint density at radius 2 is 2.06 bits per heavy atom. The van der Waals surface area contributed by atoms with Crippen LogP contribution in [-0.4, -0.2) is 15.6 Å². The highest BCUT2D eigenvalue weighted by Gasteiger charge is 2.22. The molecule has 0 saturated carbocycles. The van der Waals surface area contributed by atoms with Crippen LogP contribution in [0.4, 0.5) is 4.39 Å². The Kier molecular flexibility index (Phi) is 2.65. The lowest BCUT2D eigenvalue weighted by Crippen LogP contribution is -2.05. The lowest BCUT2D eigenvalue weighted by molar-refractivity contribution is 0.0698. The highest BCUT2D eigenvalue weighted by molar-refractivity contribution is 6.05. The number of benzene rings is 1. The van der Waals surface area contributed by atoms with Crippen LogP contribution in [0.2, 0.25) is 0 Å². The fourth-order valence-corrected chi connectivity index (χ4v) is 2.36. The van der Waals surface area contributed by atoms with E-state index in [0.717, 1.165) is 0 Å². The second kappa shape index (κ2) is 3.87. The van der Waals surface area contributed by atoms with Crippen molar-refractivity contribution < 1.29 is 14.3 Å². The Morgan fingerprint density at radius 3 is 2.59 bits per heavy atom. The van der Waals surface area contributed by atoms with E-state index in [9.17, 15) is 14.3 Å². The Hall–Kier alpha value is -1.84. The van der Waals surface area contributed by atoms with E-state index in [1.165, 1.54) is 12.1 Å². The number of fused-ring (bicyclic) bond motifs is 1. The molecule has 17 heavy (non-hydrogen) atoms. The fourth-order valence-electron chi connectivity index (χ4n) is 2.36. The summed E-state index contributed by atoms with van der Waals surface area (Å²) in [7, 11) is 0. The van der Waals surface area contributed by atoms with Gasteiger partial charge in [0, 0.05) is 17.1 Å². The molecule has 2 aromatic rings. The third kappa shape index (κ3) is 1.60. The summed E-state index contributed by atoms with van der Waals surface area (Å²) in [6.07, 6.45) is 0. The minimum Gasteiger partial charge on any atom is -0.478 e. The third-order valence-electron chi connectivity index (χ3n) is 2.95. The van der Waals surface area contributed by atoms with Gasteiger partial charge < -0.3 is 9.67 Å². The number of hydrogen-bond acceptors (Lipinski definition) is 1. The number of nitrogens with zero attached hydrogens (tertiary/aromatic N) is 1.